The first-order chi connectivity index (χ1) is 11.7. The number of piperidine rings is 1. The van der Waals surface area contributed by atoms with Crippen molar-refractivity contribution in [1.82, 2.24) is 9.88 Å². The average molecular weight is 345 g/mol. The molecule has 24 heavy (non-hydrogen) atoms. The van der Waals surface area contributed by atoms with E-state index in [0.717, 1.165) is 59.9 Å². The highest BCUT2D eigenvalue weighted by molar-refractivity contribution is 7.22. The highest BCUT2D eigenvalue weighted by Crippen LogP contribution is 2.34. The lowest BCUT2D eigenvalue weighted by atomic mass is 10.0. The predicted molar refractivity (Wildman–Crippen MR) is 96.9 cm³/mol. The number of methoxy groups -OCH3 is 1. The Labute approximate surface area is 146 Å². The van der Waals surface area contributed by atoms with Crippen LogP contribution in [0.1, 0.15) is 25.7 Å². The van der Waals surface area contributed by atoms with Crippen LogP contribution in [-0.4, -0.2) is 49.1 Å². The molecule has 128 valence electrons. The molecule has 6 heteroatoms. The SMILES string of the molecule is COc1ccc2nc(N3CCC(N(C)C(=O)C4CC4)CC3)sc2c1. The molecule has 0 radical (unpaired) electrons. The summed E-state index contributed by atoms with van der Waals surface area (Å²) in [6.45, 7) is 1.92. The molecule has 0 atom stereocenters. The van der Waals surface area contributed by atoms with Crippen molar-refractivity contribution in [2.24, 2.45) is 5.92 Å². The number of nitrogens with zero attached hydrogens (tertiary/aromatic N) is 3. The third kappa shape index (κ3) is 2.95. The largest absolute Gasteiger partial charge is 0.497 e. The van der Waals surface area contributed by atoms with E-state index in [-0.39, 0.29) is 0 Å². The van der Waals surface area contributed by atoms with Crippen molar-refractivity contribution in [3.63, 3.8) is 0 Å². The van der Waals surface area contributed by atoms with Gasteiger partial charge in [0.2, 0.25) is 5.91 Å². The maximum Gasteiger partial charge on any atom is 0.225 e. The molecule has 4 rings (SSSR count). The molecule has 2 aromatic rings. The van der Waals surface area contributed by atoms with Crippen LogP contribution in [-0.2, 0) is 4.79 Å². The second kappa shape index (κ2) is 6.24. The van der Waals surface area contributed by atoms with Gasteiger partial charge in [-0.2, -0.15) is 0 Å². The number of carbonyl (C=O) groups excluding carboxylic acids is 1. The summed E-state index contributed by atoms with van der Waals surface area (Å²) in [5.74, 6) is 1.53. The first kappa shape index (κ1) is 15.7. The summed E-state index contributed by atoms with van der Waals surface area (Å²) in [4.78, 5) is 21.3. The number of rotatable bonds is 4. The van der Waals surface area contributed by atoms with Crippen LogP contribution in [0.4, 0.5) is 5.13 Å². The molecule has 1 aliphatic heterocycles. The third-order valence-corrected chi connectivity index (χ3v) is 6.22. The van der Waals surface area contributed by atoms with Gasteiger partial charge in [0.25, 0.3) is 0 Å². The molecular weight excluding hydrogens is 322 g/mol. The van der Waals surface area contributed by atoms with E-state index in [2.05, 4.69) is 4.90 Å². The monoisotopic (exact) mass is 345 g/mol. The normalized spacial score (nSPS) is 18.8. The average Bonchev–Trinajstić information content (AvgIpc) is 3.39. The number of carbonyl (C=O) groups is 1. The number of benzene rings is 1. The topological polar surface area (TPSA) is 45.7 Å². The lowest BCUT2D eigenvalue weighted by molar-refractivity contribution is -0.133. The summed E-state index contributed by atoms with van der Waals surface area (Å²) >= 11 is 1.72. The molecule has 0 unspecified atom stereocenters. The van der Waals surface area contributed by atoms with Gasteiger partial charge in [-0.3, -0.25) is 4.79 Å². The fraction of sp³-hybridized carbons (Fsp3) is 0.556. The van der Waals surface area contributed by atoms with Crippen LogP contribution in [0.25, 0.3) is 10.2 Å². The molecule has 0 N–H and O–H groups in total. The lowest BCUT2D eigenvalue weighted by Gasteiger charge is -2.36. The quantitative estimate of drug-likeness (QED) is 0.854. The van der Waals surface area contributed by atoms with Gasteiger partial charge in [0, 0.05) is 32.1 Å². The van der Waals surface area contributed by atoms with Crippen LogP contribution in [0.15, 0.2) is 18.2 Å². The molecule has 2 fully saturated rings. The number of aromatic nitrogens is 1. The Morgan fingerprint density at radius 1 is 1.29 bits per heavy atom. The number of amides is 1. The van der Waals surface area contributed by atoms with E-state index in [4.69, 9.17) is 9.72 Å². The molecule has 1 amide bonds. The van der Waals surface area contributed by atoms with E-state index in [1.807, 2.05) is 30.1 Å². The summed E-state index contributed by atoms with van der Waals surface area (Å²) < 4.78 is 6.45. The van der Waals surface area contributed by atoms with Crippen molar-refractivity contribution in [1.29, 1.82) is 0 Å². The zero-order valence-corrected chi connectivity index (χ0v) is 15.0. The van der Waals surface area contributed by atoms with E-state index in [1.54, 1.807) is 18.4 Å². The maximum absolute atomic E-state index is 12.2. The van der Waals surface area contributed by atoms with E-state index < -0.39 is 0 Å². The van der Waals surface area contributed by atoms with Crippen LogP contribution in [0, 0.1) is 5.92 Å². The molecule has 2 heterocycles. The Balaban J connectivity index is 1.42. The number of thiazole rings is 1. The van der Waals surface area contributed by atoms with Gasteiger partial charge in [-0.15, -0.1) is 0 Å². The van der Waals surface area contributed by atoms with Crippen molar-refractivity contribution in [2.75, 3.05) is 32.1 Å². The molecule has 5 nitrogen and oxygen atoms in total. The van der Waals surface area contributed by atoms with Crippen molar-refractivity contribution in [3.05, 3.63) is 18.2 Å². The van der Waals surface area contributed by atoms with Gasteiger partial charge < -0.3 is 14.5 Å². The Kier molecular flexibility index (Phi) is 4.08. The molecule has 1 saturated heterocycles. The van der Waals surface area contributed by atoms with E-state index in [0.29, 0.717) is 17.9 Å². The van der Waals surface area contributed by atoms with Crippen LogP contribution < -0.4 is 9.64 Å². The van der Waals surface area contributed by atoms with Gasteiger partial charge in [0.05, 0.1) is 17.3 Å². The Morgan fingerprint density at radius 3 is 2.71 bits per heavy atom. The summed E-state index contributed by atoms with van der Waals surface area (Å²) in [6.07, 6.45) is 4.21. The molecular formula is C18H23N3O2S. The first-order valence-corrected chi connectivity index (χ1v) is 9.43. The summed E-state index contributed by atoms with van der Waals surface area (Å²) in [5.41, 5.74) is 1.03. The second-order valence-corrected chi connectivity index (χ2v) is 7.78. The van der Waals surface area contributed by atoms with Gasteiger partial charge >= 0.3 is 0 Å². The zero-order valence-electron chi connectivity index (χ0n) is 14.2. The minimum absolute atomic E-state index is 0.312. The fourth-order valence-corrected chi connectivity index (χ4v) is 4.44. The first-order valence-electron chi connectivity index (χ1n) is 8.62. The number of fused-ring (bicyclic) bond motifs is 1. The smallest absolute Gasteiger partial charge is 0.225 e. The van der Waals surface area contributed by atoms with Gasteiger partial charge in [0.15, 0.2) is 5.13 Å². The van der Waals surface area contributed by atoms with Crippen molar-refractivity contribution >= 4 is 32.6 Å². The van der Waals surface area contributed by atoms with Crippen LogP contribution >= 0.6 is 11.3 Å². The number of ether oxygens (including phenoxy) is 1. The Hall–Kier alpha value is -1.82. The number of hydrogen-bond donors (Lipinski definition) is 0. The predicted octanol–water partition coefficient (Wildman–Crippen LogP) is 3.14. The number of hydrogen-bond acceptors (Lipinski definition) is 5. The molecule has 2 aliphatic rings. The summed E-state index contributed by atoms with van der Waals surface area (Å²) in [7, 11) is 3.66. The van der Waals surface area contributed by atoms with Crippen LogP contribution in [0.2, 0.25) is 0 Å². The van der Waals surface area contributed by atoms with Gasteiger partial charge in [-0.1, -0.05) is 11.3 Å². The summed E-state index contributed by atoms with van der Waals surface area (Å²) in [5, 5.41) is 1.08. The zero-order chi connectivity index (χ0) is 16.7. The highest BCUT2D eigenvalue weighted by Gasteiger charge is 2.35. The van der Waals surface area contributed by atoms with Gasteiger partial charge in [-0.05, 0) is 43.9 Å². The van der Waals surface area contributed by atoms with Gasteiger partial charge in [0.1, 0.15) is 5.75 Å². The van der Waals surface area contributed by atoms with Crippen LogP contribution in [0.5, 0.6) is 5.75 Å². The van der Waals surface area contributed by atoms with E-state index in [1.165, 1.54) is 0 Å². The van der Waals surface area contributed by atoms with Crippen molar-refractivity contribution in [2.45, 2.75) is 31.7 Å². The molecule has 1 aromatic carbocycles. The Bertz CT molecular complexity index is 748. The minimum atomic E-state index is 0.312. The van der Waals surface area contributed by atoms with Crippen LogP contribution in [0.3, 0.4) is 0 Å². The molecule has 0 spiro atoms. The Morgan fingerprint density at radius 2 is 2.04 bits per heavy atom. The lowest BCUT2D eigenvalue weighted by Crippen LogP contribution is -2.46. The summed E-state index contributed by atoms with van der Waals surface area (Å²) in [6, 6.07) is 6.40. The van der Waals surface area contributed by atoms with Crippen molar-refractivity contribution in [3.8, 4) is 5.75 Å². The van der Waals surface area contributed by atoms with Crippen molar-refractivity contribution < 1.29 is 9.53 Å². The van der Waals surface area contributed by atoms with E-state index >= 15 is 0 Å². The molecule has 1 saturated carbocycles. The third-order valence-electron chi connectivity index (χ3n) is 5.14. The molecule has 1 aromatic heterocycles. The standard InChI is InChI=1S/C18H23N3O2S/c1-20(17(22)12-3-4-12)13-7-9-21(10-8-13)18-19-15-6-5-14(23-2)11-16(15)24-18/h5-6,11-13H,3-4,7-10H2,1-2H3. The highest BCUT2D eigenvalue weighted by atomic mass is 32.1. The maximum atomic E-state index is 12.2. The van der Waals surface area contributed by atoms with Gasteiger partial charge in [-0.25, -0.2) is 4.98 Å². The molecule has 1 aliphatic carbocycles. The second-order valence-electron chi connectivity index (χ2n) is 6.77. The molecule has 0 bridgehead atoms. The minimum Gasteiger partial charge on any atom is -0.497 e. The van der Waals surface area contributed by atoms with E-state index in [9.17, 15) is 4.79 Å². The number of anilines is 1. The fourth-order valence-electron chi connectivity index (χ4n) is 3.40.